The molecule has 4 amide bonds. The van der Waals surface area contributed by atoms with Crippen LogP contribution < -0.4 is 71.9 Å². The van der Waals surface area contributed by atoms with Crippen molar-refractivity contribution in [1.82, 2.24) is 60.3 Å². The normalized spacial score (nSPS) is 21.4. The highest BCUT2D eigenvalue weighted by molar-refractivity contribution is 7.60. The van der Waals surface area contributed by atoms with Crippen LogP contribution in [0.3, 0.4) is 0 Å². The zero-order chi connectivity index (χ0) is 89.4. The van der Waals surface area contributed by atoms with Gasteiger partial charge in [-0.05, 0) is 49.7 Å². The molecule has 5 aromatic rings. The molecule has 0 bridgehead atoms. The van der Waals surface area contributed by atoms with Crippen molar-refractivity contribution in [3.8, 4) is 0 Å². The average Bonchev–Trinajstić information content (AvgIpc) is 1.62. The molecule has 1 aromatic carbocycles. The van der Waals surface area contributed by atoms with E-state index in [0.717, 1.165) is 85.8 Å². The summed E-state index contributed by atoms with van der Waals surface area (Å²) in [5, 5.41) is 53.3. The number of phosphoric acid groups is 6. The van der Waals surface area contributed by atoms with Crippen LogP contribution in [0, 0.1) is 21.7 Å². The number of unbranched alkanes of at least 4 members (excludes halogenated alkanes) is 4. The number of carbonyl (C=O) groups excluding carboxylic acids is 6. The van der Waals surface area contributed by atoms with E-state index < -0.39 is 180 Å². The Balaban J connectivity index is 0.694. The van der Waals surface area contributed by atoms with E-state index >= 15 is 0 Å². The summed E-state index contributed by atoms with van der Waals surface area (Å²) < 4.78 is 123. The maximum Gasteiger partial charge on any atom is 0.274 e. The highest BCUT2D eigenvalue weighted by Gasteiger charge is 2.50. The monoisotopic (exact) mass is 1820 g/mol. The highest BCUT2D eigenvalue weighted by Crippen LogP contribution is 2.58. The number of benzene rings is 1. The number of phosphoric ester groups is 6. The quantitative estimate of drug-likeness (QED) is 0.0144. The standard InChI is InChI=1S/C66H106N14O34P6/c1-63(2,43(81)20-26-69-45(83)22-28-71-59(89)53(87)65(5,6)33-107-119(101,102)113-117(97,98)105-31-41-51(111-115(91,92)93)49(85)61(109-41)79-37-77-47-55(67)73-35-75-57(47)79)24-13-9-11-16-39-18-15-19-40(30-39)17-12-10-14-25-64(3,4)44(82)21-27-70-46(84)23-29-72-60(90)54(88)66(7,8)34-108-120(103,104)114-118(99,100)106-32-42-52(112-116(94,95)96)50(86)62(110-42)80-38-78-48-56(68)74-36-76-58(48)80/h15,18-19,30,35-38,41-42,49-54,61-62,85-88H,9-14,16-17,20-29,31-34H2,1-8H3,(H,69,83)(H,70,84)(H,71,89)(H,72,90)(H,97,98)(H,99,100)(H,101,102)(H,103,104)(H2,67,73,75)(H2,68,74,76)(H2,91,92,93)(H2,94,95,96)/p-8. The van der Waals surface area contributed by atoms with E-state index in [2.05, 4.69) is 105 Å². The number of anilines is 2. The van der Waals surface area contributed by atoms with Crippen LogP contribution in [0.25, 0.3) is 22.3 Å². The number of aliphatic hydroxyl groups is 4. The number of aryl methyl sites for hydroxylation is 2. The van der Waals surface area contributed by atoms with Crippen LogP contribution in [0.1, 0.15) is 156 Å². The summed E-state index contributed by atoms with van der Waals surface area (Å²) in [5.41, 5.74) is 8.91. The van der Waals surface area contributed by atoms with Gasteiger partial charge in [0, 0.05) is 73.5 Å². The largest absolute Gasteiger partial charge is 0.790 e. The first kappa shape index (κ1) is 101. The molecule has 0 aliphatic carbocycles. The molecule has 2 aliphatic heterocycles. The minimum atomic E-state index is -5.99. The number of nitrogens with zero attached hydrogens (tertiary/aromatic N) is 8. The van der Waals surface area contributed by atoms with Gasteiger partial charge in [0.05, 0.1) is 54.7 Å². The summed E-state index contributed by atoms with van der Waals surface area (Å²) in [6.07, 6.45) is -8.00. The molecule has 4 aromatic heterocycles. The molecule has 120 heavy (non-hydrogen) atoms. The van der Waals surface area contributed by atoms with Crippen molar-refractivity contribution in [2.75, 3.05) is 64.1 Å². The SMILES string of the molecule is CC(C)(CCCCCc1cccc(CCCCCC(C)(C)C(=O)CCNC(=O)CCNC(=O)C(O)C(C)(C)COP(=O)([O-])OP(=O)([O-])OCC2OC(n3cnc4c(N)ncnc43)C(O)C2OP(=O)([O-])[O-])c1)C(=O)CCNC(=O)CCNC(=O)C(O)C(C)(C)COP(=O)([O-])OP(=O)([O-])OCC1OC(n2cnc3c(N)ncnc32)C(O)C1OP(=O)([O-])[O-]. The van der Waals surface area contributed by atoms with Crippen molar-refractivity contribution >= 4 is 116 Å². The van der Waals surface area contributed by atoms with Gasteiger partial charge in [-0.15, -0.1) is 0 Å². The molecule has 0 radical (unpaired) electrons. The van der Waals surface area contributed by atoms with Gasteiger partial charge in [-0.3, -0.25) is 56.2 Å². The highest BCUT2D eigenvalue weighted by atomic mass is 31.3. The number of carbonyl (C=O) groups is 6. The summed E-state index contributed by atoms with van der Waals surface area (Å²) in [4.78, 5) is 198. The second-order valence-electron chi connectivity index (χ2n) is 31.0. The fourth-order valence-corrected chi connectivity index (χ4v) is 18.0. The third-order valence-electron chi connectivity index (χ3n) is 19.5. The molecule has 2 saturated heterocycles. The van der Waals surface area contributed by atoms with Crippen LogP contribution in [-0.4, -0.2) is 196 Å². The molecule has 2 fully saturated rings. The number of nitrogens with one attached hydrogen (secondary N) is 4. The summed E-state index contributed by atoms with van der Waals surface area (Å²) in [7, 11) is -35.6. The van der Waals surface area contributed by atoms with Gasteiger partial charge in [-0.25, -0.2) is 38.5 Å². The third-order valence-corrected chi connectivity index (χ3v) is 25.5. The molecule has 2 aliphatic rings. The van der Waals surface area contributed by atoms with E-state index in [9.17, 15) is 116 Å². The molecule has 7 rings (SSSR count). The van der Waals surface area contributed by atoms with Crippen molar-refractivity contribution < 1.29 is 161 Å². The molecule has 674 valence electrons. The summed E-state index contributed by atoms with van der Waals surface area (Å²) in [6, 6.07) is 8.29. The third kappa shape index (κ3) is 30.5. The predicted molar refractivity (Wildman–Crippen MR) is 399 cm³/mol. The number of Topliss-reactive ketones (excluding diaryl/α,β-unsaturated/α-hetero) is 2. The van der Waals surface area contributed by atoms with Gasteiger partial charge in [0.1, 0.15) is 84.1 Å². The van der Waals surface area contributed by atoms with E-state index in [1.54, 1.807) is 0 Å². The Morgan fingerprint density at radius 3 is 1.21 bits per heavy atom. The predicted octanol–water partition coefficient (Wildman–Crippen LogP) is -2.36. The van der Waals surface area contributed by atoms with Crippen LogP contribution in [0.4, 0.5) is 11.6 Å². The number of aliphatic hydroxyl groups excluding tert-OH is 4. The second-order valence-corrected chi connectivity index (χ2v) is 39.1. The van der Waals surface area contributed by atoms with Gasteiger partial charge in [-0.2, -0.15) is 0 Å². The van der Waals surface area contributed by atoms with E-state index in [-0.39, 0.29) is 97.4 Å². The maximum atomic E-state index is 13.2. The Labute approximate surface area is 687 Å². The van der Waals surface area contributed by atoms with E-state index in [1.807, 2.05) is 33.8 Å². The molecule has 0 saturated carbocycles. The molecule has 0 spiro atoms. The minimum Gasteiger partial charge on any atom is -0.790 e. The van der Waals surface area contributed by atoms with Crippen molar-refractivity contribution in [2.45, 2.75) is 207 Å². The minimum absolute atomic E-state index is 0.00405. The van der Waals surface area contributed by atoms with Crippen molar-refractivity contribution in [3.63, 3.8) is 0 Å². The number of fused-ring (bicyclic) bond motifs is 2. The summed E-state index contributed by atoms with van der Waals surface area (Å²) in [5.74, 6) is -3.58. The molecule has 54 heteroatoms. The van der Waals surface area contributed by atoms with E-state index in [1.165, 1.54) is 38.8 Å². The molecular formula is C66H98N14O34P6-8. The van der Waals surface area contributed by atoms with E-state index in [4.69, 9.17) is 20.9 Å². The van der Waals surface area contributed by atoms with Crippen LogP contribution in [0.15, 0.2) is 49.6 Å². The first-order valence-electron chi connectivity index (χ1n) is 37.4. The molecule has 14 unspecified atom stereocenters. The Morgan fingerprint density at radius 2 is 0.850 bits per heavy atom. The lowest BCUT2D eigenvalue weighted by atomic mass is 9.81. The Bertz CT molecular complexity index is 4400. The zero-order valence-corrected chi connectivity index (χ0v) is 71.8. The van der Waals surface area contributed by atoms with Crippen molar-refractivity contribution in [3.05, 3.63) is 60.7 Å². The molecule has 14 atom stereocenters. The number of ether oxygens (including phenoxy) is 2. The maximum absolute atomic E-state index is 13.2. The lowest BCUT2D eigenvalue weighted by molar-refractivity contribution is -0.348. The summed E-state index contributed by atoms with van der Waals surface area (Å²) in [6.45, 7) is 6.70. The number of ketones is 2. The molecular weight excluding hydrogens is 1720 g/mol. The van der Waals surface area contributed by atoms with Crippen molar-refractivity contribution in [1.29, 1.82) is 0 Å². The number of hydrogen-bond acceptors (Lipinski definition) is 42. The lowest BCUT2D eigenvalue weighted by Gasteiger charge is -2.36. The van der Waals surface area contributed by atoms with Crippen LogP contribution in [0.5, 0.6) is 0 Å². The number of amides is 4. The number of rotatable bonds is 52. The topological polar surface area (TPSA) is 750 Å². The van der Waals surface area contributed by atoms with Crippen LogP contribution >= 0.6 is 46.9 Å². The second kappa shape index (κ2) is 42.6. The van der Waals surface area contributed by atoms with Gasteiger partial charge in [0.25, 0.3) is 31.3 Å². The molecule has 12 N–H and O–H groups in total. The average molecular weight is 1820 g/mol. The number of nitrogens with two attached hydrogens (primary N) is 2. The van der Waals surface area contributed by atoms with Gasteiger partial charge >= 0.3 is 0 Å². The van der Waals surface area contributed by atoms with Gasteiger partial charge in [0.2, 0.25) is 23.6 Å². The van der Waals surface area contributed by atoms with Gasteiger partial charge in [0.15, 0.2) is 35.4 Å². The fourth-order valence-electron chi connectivity index (χ4n) is 12.5. The fraction of sp³-hybridized carbons (Fsp3) is 0.667. The first-order valence-corrected chi connectivity index (χ1v) is 46.2. The Hall–Kier alpha value is -6.36. The van der Waals surface area contributed by atoms with Crippen LogP contribution in [-0.2, 0) is 114 Å². The number of nitrogen functional groups attached to an aromatic ring is 2. The van der Waals surface area contributed by atoms with Crippen molar-refractivity contribution in [2.24, 2.45) is 21.7 Å². The molecule has 48 nitrogen and oxygen atoms in total. The van der Waals surface area contributed by atoms with Gasteiger partial charge < -0.3 is 138 Å². The number of aromatic nitrogens is 8. The number of hydrogen-bond donors (Lipinski definition) is 10. The zero-order valence-electron chi connectivity index (χ0n) is 66.4. The smallest absolute Gasteiger partial charge is 0.274 e. The summed E-state index contributed by atoms with van der Waals surface area (Å²) >= 11 is 0. The van der Waals surface area contributed by atoms with E-state index in [0.29, 0.717) is 12.8 Å². The Morgan fingerprint density at radius 1 is 0.500 bits per heavy atom. The van der Waals surface area contributed by atoms with Crippen LogP contribution in [0.2, 0.25) is 0 Å². The lowest BCUT2D eigenvalue weighted by Crippen LogP contribution is -2.46. The Kier molecular flexibility index (Phi) is 35.7. The number of imidazole rings is 2. The molecule has 6 heterocycles. The first-order chi connectivity index (χ1) is 55.6. The van der Waals surface area contributed by atoms with Gasteiger partial charge in [-0.1, -0.05) is 105 Å².